The van der Waals surface area contributed by atoms with Gasteiger partial charge in [-0.2, -0.15) is 0 Å². The van der Waals surface area contributed by atoms with Crippen molar-refractivity contribution in [3.63, 3.8) is 0 Å². The van der Waals surface area contributed by atoms with Gasteiger partial charge in [0, 0.05) is 19.0 Å². The van der Waals surface area contributed by atoms with Crippen LogP contribution in [-0.2, 0) is 9.59 Å². The standard InChI is InChI=1S/C12H16F2N2O2/c1-2-10(17)15-5-3-9(4-6-15)11(18)16-7-12(13,14)8-16/h2,9H,1,3-8H2. The van der Waals surface area contributed by atoms with Gasteiger partial charge in [0.1, 0.15) is 0 Å². The van der Waals surface area contributed by atoms with E-state index in [4.69, 9.17) is 0 Å². The molecule has 0 spiro atoms. The first-order chi connectivity index (χ1) is 8.43. The van der Waals surface area contributed by atoms with Crippen molar-refractivity contribution in [1.29, 1.82) is 0 Å². The fourth-order valence-electron chi connectivity index (χ4n) is 2.40. The molecular formula is C12H16F2N2O2. The minimum atomic E-state index is -2.71. The highest BCUT2D eigenvalue weighted by Gasteiger charge is 2.47. The molecule has 0 saturated carbocycles. The minimum Gasteiger partial charge on any atom is -0.339 e. The van der Waals surface area contributed by atoms with Gasteiger partial charge in [0.2, 0.25) is 11.8 Å². The zero-order valence-electron chi connectivity index (χ0n) is 10.1. The Balaban J connectivity index is 1.81. The molecule has 2 heterocycles. The van der Waals surface area contributed by atoms with Crippen LogP contribution in [0.15, 0.2) is 12.7 Å². The summed E-state index contributed by atoms with van der Waals surface area (Å²) in [5, 5.41) is 0. The lowest BCUT2D eigenvalue weighted by Gasteiger charge is -2.42. The van der Waals surface area contributed by atoms with Crippen LogP contribution in [0, 0.1) is 5.92 Å². The van der Waals surface area contributed by atoms with Crippen molar-refractivity contribution in [3.8, 4) is 0 Å². The highest BCUT2D eigenvalue weighted by atomic mass is 19.3. The largest absolute Gasteiger partial charge is 0.339 e. The van der Waals surface area contributed by atoms with Gasteiger partial charge in [-0.15, -0.1) is 0 Å². The third-order valence-corrected chi connectivity index (χ3v) is 3.49. The first kappa shape index (κ1) is 13.0. The predicted molar refractivity (Wildman–Crippen MR) is 61.0 cm³/mol. The second kappa shape index (κ2) is 4.66. The van der Waals surface area contributed by atoms with Crippen LogP contribution in [-0.4, -0.2) is 53.7 Å². The predicted octanol–water partition coefficient (Wildman–Crippen LogP) is 0.889. The van der Waals surface area contributed by atoms with Crippen LogP contribution in [0.25, 0.3) is 0 Å². The molecule has 2 aliphatic rings. The molecule has 0 aliphatic carbocycles. The molecule has 2 aliphatic heterocycles. The molecular weight excluding hydrogens is 242 g/mol. The van der Waals surface area contributed by atoms with Crippen molar-refractivity contribution in [2.24, 2.45) is 5.92 Å². The molecule has 0 aromatic heterocycles. The zero-order chi connectivity index (χ0) is 13.3. The number of piperidine rings is 1. The molecule has 0 aromatic rings. The van der Waals surface area contributed by atoms with Gasteiger partial charge in [-0.3, -0.25) is 9.59 Å². The Hall–Kier alpha value is -1.46. The highest BCUT2D eigenvalue weighted by Crippen LogP contribution is 2.30. The Morgan fingerprint density at radius 2 is 1.72 bits per heavy atom. The first-order valence-corrected chi connectivity index (χ1v) is 6.01. The summed E-state index contributed by atoms with van der Waals surface area (Å²) in [6.45, 7) is 3.47. The molecule has 4 nitrogen and oxygen atoms in total. The number of carbonyl (C=O) groups excluding carboxylic acids is 2. The number of rotatable bonds is 2. The Labute approximate surface area is 104 Å². The van der Waals surface area contributed by atoms with Gasteiger partial charge < -0.3 is 9.80 Å². The summed E-state index contributed by atoms with van der Waals surface area (Å²) in [5.74, 6) is -3.28. The van der Waals surface area contributed by atoms with Crippen molar-refractivity contribution in [2.75, 3.05) is 26.2 Å². The molecule has 2 amide bonds. The molecule has 2 fully saturated rings. The molecule has 6 heteroatoms. The van der Waals surface area contributed by atoms with E-state index in [1.165, 1.54) is 11.0 Å². The van der Waals surface area contributed by atoms with Crippen LogP contribution < -0.4 is 0 Å². The molecule has 0 aromatic carbocycles. The van der Waals surface area contributed by atoms with Crippen LogP contribution in [0.3, 0.4) is 0 Å². The maximum Gasteiger partial charge on any atom is 0.282 e. The van der Waals surface area contributed by atoms with Crippen LogP contribution in [0.1, 0.15) is 12.8 Å². The van der Waals surface area contributed by atoms with E-state index in [9.17, 15) is 18.4 Å². The van der Waals surface area contributed by atoms with Crippen LogP contribution in [0.4, 0.5) is 8.78 Å². The van der Waals surface area contributed by atoms with E-state index >= 15 is 0 Å². The fourth-order valence-corrected chi connectivity index (χ4v) is 2.40. The lowest BCUT2D eigenvalue weighted by atomic mass is 9.93. The van der Waals surface area contributed by atoms with E-state index in [2.05, 4.69) is 6.58 Å². The smallest absolute Gasteiger partial charge is 0.282 e. The normalized spacial score (nSPS) is 23.4. The van der Waals surface area contributed by atoms with E-state index in [1.54, 1.807) is 4.90 Å². The zero-order valence-corrected chi connectivity index (χ0v) is 10.1. The van der Waals surface area contributed by atoms with Gasteiger partial charge in [-0.25, -0.2) is 8.78 Å². The highest BCUT2D eigenvalue weighted by molar-refractivity contribution is 5.87. The van der Waals surface area contributed by atoms with Crippen LogP contribution >= 0.6 is 0 Å². The van der Waals surface area contributed by atoms with Crippen molar-refractivity contribution >= 4 is 11.8 Å². The van der Waals surface area contributed by atoms with Gasteiger partial charge in [-0.05, 0) is 18.9 Å². The van der Waals surface area contributed by atoms with Crippen molar-refractivity contribution in [2.45, 2.75) is 18.8 Å². The van der Waals surface area contributed by atoms with Gasteiger partial charge >= 0.3 is 0 Å². The monoisotopic (exact) mass is 258 g/mol. The second-order valence-electron chi connectivity index (χ2n) is 4.85. The van der Waals surface area contributed by atoms with E-state index < -0.39 is 19.0 Å². The molecule has 0 bridgehead atoms. The fraction of sp³-hybridized carbons (Fsp3) is 0.667. The number of hydrogen-bond donors (Lipinski definition) is 0. The van der Waals surface area contributed by atoms with Crippen LogP contribution in [0.2, 0.25) is 0 Å². The van der Waals surface area contributed by atoms with E-state index in [-0.39, 0.29) is 17.7 Å². The lowest BCUT2D eigenvalue weighted by molar-refractivity contribution is -0.171. The summed E-state index contributed by atoms with van der Waals surface area (Å²) in [6.07, 6.45) is 2.33. The number of likely N-dealkylation sites (tertiary alicyclic amines) is 2. The summed E-state index contributed by atoms with van der Waals surface area (Å²) < 4.78 is 25.3. The number of carbonyl (C=O) groups is 2. The molecule has 2 saturated heterocycles. The number of hydrogen-bond acceptors (Lipinski definition) is 2. The molecule has 18 heavy (non-hydrogen) atoms. The van der Waals surface area contributed by atoms with E-state index in [1.807, 2.05) is 0 Å². The summed E-state index contributed by atoms with van der Waals surface area (Å²) in [6, 6.07) is 0. The average molecular weight is 258 g/mol. The van der Waals surface area contributed by atoms with Gasteiger partial charge in [-0.1, -0.05) is 6.58 Å². The van der Waals surface area contributed by atoms with Crippen molar-refractivity contribution < 1.29 is 18.4 Å². The number of alkyl halides is 2. The van der Waals surface area contributed by atoms with Crippen molar-refractivity contribution in [1.82, 2.24) is 9.80 Å². The minimum absolute atomic E-state index is 0.142. The van der Waals surface area contributed by atoms with Crippen LogP contribution in [0.5, 0.6) is 0 Å². The van der Waals surface area contributed by atoms with Crippen molar-refractivity contribution in [3.05, 3.63) is 12.7 Å². The van der Waals surface area contributed by atoms with E-state index in [0.29, 0.717) is 25.9 Å². The maximum absolute atomic E-state index is 12.7. The lowest BCUT2D eigenvalue weighted by Crippen LogP contribution is -2.60. The number of nitrogens with zero attached hydrogens (tertiary/aromatic N) is 2. The van der Waals surface area contributed by atoms with Gasteiger partial charge in [0.15, 0.2) is 0 Å². The molecule has 2 rings (SSSR count). The number of amides is 2. The van der Waals surface area contributed by atoms with E-state index in [0.717, 1.165) is 0 Å². The Morgan fingerprint density at radius 3 is 2.17 bits per heavy atom. The summed E-state index contributed by atoms with van der Waals surface area (Å²) >= 11 is 0. The SMILES string of the molecule is C=CC(=O)N1CCC(C(=O)N2CC(F)(F)C2)CC1. The maximum atomic E-state index is 12.7. The summed E-state index contributed by atoms with van der Waals surface area (Å²) in [4.78, 5) is 26.1. The molecule has 100 valence electrons. The van der Waals surface area contributed by atoms with Gasteiger partial charge in [0.05, 0.1) is 13.1 Å². The number of halogens is 2. The Kier molecular flexibility index (Phi) is 3.36. The quantitative estimate of drug-likeness (QED) is 0.690. The van der Waals surface area contributed by atoms with Gasteiger partial charge in [0.25, 0.3) is 5.92 Å². The average Bonchev–Trinajstić information content (AvgIpc) is 2.34. The third kappa shape index (κ3) is 2.52. The summed E-state index contributed by atoms with van der Waals surface area (Å²) in [7, 11) is 0. The first-order valence-electron chi connectivity index (χ1n) is 6.01. The Morgan fingerprint density at radius 1 is 1.17 bits per heavy atom. The topological polar surface area (TPSA) is 40.6 Å². The molecule has 0 unspecified atom stereocenters. The third-order valence-electron chi connectivity index (χ3n) is 3.49. The molecule has 0 atom stereocenters. The molecule has 0 N–H and O–H groups in total. The summed E-state index contributed by atoms with van der Waals surface area (Å²) in [5.41, 5.74) is 0. The Bertz CT molecular complexity index is 368. The second-order valence-corrected chi connectivity index (χ2v) is 4.85. The molecule has 0 radical (unpaired) electrons.